The van der Waals surface area contributed by atoms with Crippen LogP contribution in [0.15, 0.2) is 17.5 Å². The molecular weight excluding hydrogens is 210 g/mol. The van der Waals surface area contributed by atoms with Gasteiger partial charge in [0, 0.05) is 17.5 Å². The van der Waals surface area contributed by atoms with Gasteiger partial charge in [0.1, 0.15) is 6.79 Å². The van der Waals surface area contributed by atoms with E-state index in [0.29, 0.717) is 18.9 Å². The molecule has 0 spiro atoms. The molecule has 84 valence electrons. The predicted molar refractivity (Wildman–Crippen MR) is 61.0 cm³/mol. The van der Waals surface area contributed by atoms with Gasteiger partial charge < -0.3 is 14.8 Å². The van der Waals surface area contributed by atoms with Crippen molar-refractivity contribution in [3.8, 4) is 0 Å². The topological polar surface area (TPSA) is 30.5 Å². The van der Waals surface area contributed by atoms with Crippen molar-refractivity contribution in [3.63, 3.8) is 0 Å². The average Bonchev–Trinajstić information content (AvgIpc) is 2.81. The van der Waals surface area contributed by atoms with E-state index in [2.05, 4.69) is 29.8 Å². The molecule has 1 N–H and O–H groups in total. The van der Waals surface area contributed by atoms with E-state index in [1.165, 1.54) is 4.88 Å². The molecule has 0 aromatic carbocycles. The third-order valence-corrected chi connectivity index (χ3v) is 3.65. The van der Waals surface area contributed by atoms with Crippen molar-refractivity contribution in [1.82, 2.24) is 5.32 Å². The Bertz CT molecular complexity index is 270. The Balaban J connectivity index is 1.73. The van der Waals surface area contributed by atoms with E-state index < -0.39 is 0 Å². The van der Waals surface area contributed by atoms with Crippen molar-refractivity contribution in [2.45, 2.75) is 25.5 Å². The first-order valence-electron chi connectivity index (χ1n) is 5.32. The van der Waals surface area contributed by atoms with Crippen LogP contribution in [0.2, 0.25) is 0 Å². The zero-order valence-corrected chi connectivity index (χ0v) is 9.76. The van der Waals surface area contributed by atoms with Crippen molar-refractivity contribution < 1.29 is 9.47 Å². The van der Waals surface area contributed by atoms with Crippen LogP contribution in [-0.2, 0) is 9.47 Å². The van der Waals surface area contributed by atoms with Gasteiger partial charge >= 0.3 is 0 Å². The second-order valence-electron chi connectivity index (χ2n) is 3.75. The maximum atomic E-state index is 5.46. The van der Waals surface area contributed by atoms with Crippen LogP contribution in [0.3, 0.4) is 0 Å². The average molecular weight is 227 g/mol. The Morgan fingerprint density at radius 1 is 1.67 bits per heavy atom. The molecule has 0 saturated carbocycles. The largest absolute Gasteiger partial charge is 0.355 e. The number of thiophene rings is 1. The van der Waals surface area contributed by atoms with Gasteiger partial charge in [-0.3, -0.25) is 0 Å². The van der Waals surface area contributed by atoms with Gasteiger partial charge in [-0.1, -0.05) is 6.07 Å². The standard InChI is InChI=1S/C11H17NO2S/c1-9(11-3-2-6-15-11)12-7-10-4-5-13-8-14-10/h2-3,6,9-10,12H,4-5,7-8H2,1H3/t9-,10?/m1/s1. The van der Waals surface area contributed by atoms with E-state index in [1.54, 1.807) is 11.3 Å². The SMILES string of the molecule is C[C@@H](NCC1CCOCO1)c1cccs1. The van der Waals surface area contributed by atoms with E-state index in [9.17, 15) is 0 Å². The van der Waals surface area contributed by atoms with Crippen molar-refractivity contribution in [1.29, 1.82) is 0 Å². The zero-order chi connectivity index (χ0) is 10.5. The molecule has 4 heteroatoms. The Morgan fingerprint density at radius 2 is 2.60 bits per heavy atom. The summed E-state index contributed by atoms with van der Waals surface area (Å²) in [5.74, 6) is 0. The molecule has 0 aliphatic carbocycles. The molecule has 15 heavy (non-hydrogen) atoms. The fourth-order valence-electron chi connectivity index (χ4n) is 1.61. The van der Waals surface area contributed by atoms with Gasteiger partial charge in [0.25, 0.3) is 0 Å². The number of ether oxygens (including phenoxy) is 2. The molecule has 1 aromatic heterocycles. The minimum atomic E-state index is 0.307. The smallest absolute Gasteiger partial charge is 0.147 e. The summed E-state index contributed by atoms with van der Waals surface area (Å²) >= 11 is 1.79. The summed E-state index contributed by atoms with van der Waals surface area (Å²) in [7, 11) is 0. The van der Waals surface area contributed by atoms with Crippen molar-refractivity contribution in [2.24, 2.45) is 0 Å². The summed E-state index contributed by atoms with van der Waals surface area (Å²) in [4.78, 5) is 1.38. The summed E-state index contributed by atoms with van der Waals surface area (Å²) < 4.78 is 10.6. The molecule has 2 heterocycles. The highest BCUT2D eigenvalue weighted by molar-refractivity contribution is 7.10. The van der Waals surface area contributed by atoms with E-state index >= 15 is 0 Å². The van der Waals surface area contributed by atoms with E-state index in [-0.39, 0.29) is 0 Å². The Hall–Kier alpha value is -0.420. The highest BCUT2D eigenvalue weighted by atomic mass is 32.1. The van der Waals surface area contributed by atoms with Crippen LogP contribution in [0.25, 0.3) is 0 Å². The molecule has 1 saturated heterocycles. The van der Waals surface area contributed by atoms with Crippen molar-refractivity contribution >= 4 is 11.3 Å². The van der Waals surface area contributed by atoms with Gasteiger partial charge in [0.05, 0.1) is 12.7 Å². The fraction of sp³-hybridized carbons (Fsp3) is 0.636. The first-order chi connectivity index (χ1) is 7.36. The molecule has 1 aliphatic heterocycles. The maximum absolute atomic E-state index is 5.46. The van der Waals surface area contributed by atoms with Crippen molar-refractivity contribution in [3.05, 3.63) is 22.4 Å². The monoisotopic (exact) mass is 227 g/mol. The first-order valence-corrected chi connectivity index (χ1v) is 6.20. The highest BCUT2D eigenvalue weighted by Crippen LogP contribution is 2.18. The third-order valence-electron chi connectivity index (χ3n) is 2.59. The lowest BCUT2D eigenvalue weighted by atomic mass is 10.2. The lowest BCUT2D eigenvalue weighted by Gasteiger charge is -2.24. The first kappa shape index (κ1) is 11.1. The Kier molecular flexibility index (Phi) is 4.14. The molecule has 2 atom stereocenters. The van der Waals surface area contributed by atoms with Crippen LogP contribution < -0.4 is 5.32 Å². The Morgan fingerprint density at radius 3 is 3.27 bits per heavy atom. The number of rotatable bonds is 4. The summed E-state index contributed by atoms with van der Waals surface area (Å²) in [6.45, 7) is 4.35. The fourth-order valence-corrected chi connectivity index (χ4v) is 2.37. The van der Waals surface area contributed by atoms with Gasteiger partial charge in [-0.15, -0.1) is 11.3 Å². The molecule has 1 aromatic rings. The lowest BCUT2D eigenvalue weighted by Crippen LogP contribution is -2.35. The van der Waals surface area contributed by atoms with E-state index in [1.807, 2.05) is 0 Å². The van der Waals surface area contributed by atoms with Crippen LogP contribution in [0.1, 0.15) is 24.3 Å². The van der Waals surface area contributed by atoms with E-state index in [4.69, 9.17) is 9.47 Å². The predicted octanol–water partition coefficient (Wildman–Crippen LogP) is 2.16. The van der Waals surface area contributed by atoms with Crippen LogP contribution in [0.4, 0.5) is 0 Å². The normalized spacial score (nSPS) is 23.9. The van der Waals surface area contributed by atoms with Crippen LogP contribution in [-0.4, -0.2) is 26.0 Å². The van der Waals surface area contributed by atoms with Crippen molar-refractivity contribution in [2.75, 3.05) is 19.9 Å². The van der Waals surface area contributed by atoms with Gasteiger partial charge in [-0.25, -0.2) is 0 Å². The molecule has 0 bridgehead atoms. The van der Waals surface area contributed by atoms with Gasteiger partial charge in [-0.2, -0.15) is 0 Å². The summed E-state index contributed by atoms with van der Waals surface area (Å²) in [6, 6.07) is 4.66. The molecule has 1 unspecified atom stereocenters. The molecule has 0 amide bonds. The maximum Gasteiger partial charge on any atom is 0.147 e. The van der Waals surface area contributed by atoms with Gasteiger partial charge in [-0.05, 0) is 24.8 Å². The third kappa shape index (κ3) is 3.28. The van der Waals surface area contributed by atoms with Crippen LogP contribution >= 0.6 is 11.3 Å². The zero-order valence-electron chi connectivity index (χ0n) is 8.94. The number of hydrogen-bond acceptors (Lipinski definition) is 4. The minimum absolute atomic E-state index is 0.307. The van der Waals surface area contributed by atoms with Gasteiger partial charge in [0.15, 0.2) is 0 Å². The summed E-state index contributed by atoms with van der Waals surface area (Å²) in [5.41, 5.74) is 0. The quantitative estimate of drug-likeness (QED) is 0.855. The second kappa shape index (κ2) is 5.61. The number of hydrogen-bond donors (Lipinski definition) is 1. The molecule has 1 aliphatic rings. The minimum Gasteiger partial charge on any atom is -0.355 e. The molecule has 1 fully saturated rings. The molecule has 2 rings (SSSR count). The lowest BCUT2D eigenvalue weighted by molar-refractivity contribution is -0.137. The highest BCUT2D eigenvalue weighted by Gasteiger charge is 2.15. The van der Waals surface area contributed by atoms with Crippen LogP contribution in [0.5, 0.6) is 0 Å². The number of nitrogens with one attached hydrogen (secondary N) is 1. The van der Waals surface area contributed by atoms with Crippen LogP contribution in [0, 0.1) is 0 Å². The molecule has 3 nitrogen and oxygen atoms in total. The molecule has 0 radical (unpaired) electrons. The second-order valence-corrected chi connectivity index (χ2v) is 4.73. The van der Waals surface area contributed by atoms with Gasteiger partial charge in [0.2, 0.25) is 0 Å². The summed E-state index contributed by atoms with van der Waals surface area (Å²) in [6.07, 6.45) is 1.30. The summed E-state index contributed by atoms with van der Waals surface area (Å²) in [5, 5.41) is 5.59. The Labute approximate surface area is 94.4 Å². The molecular formula is C11H17NO2S. The van der Waals surface area contributed by atoms with E-state index in [0.717, 1.165) is 19.6 Å².